The van der Waals surface area contributed by atoms with Gasteiger partial charge in [-0.3, -0.25) is 0 Å². The first kappa shape index (κ1) is 24.1. The average Bonchev–Trinajstić information content (AvgIpc) is 2.92. The summed E-state index contributed by atoms with van der Waals surface area (Å²) in [4.78, 5) is 12.3. The molecular weight excluding hydrogens is 446 g/mol. The Labute approximate surface area is 213 Å². The Kier molecular flexibility index (Phi) is 7.06. The summed E-state index contributed by atoms with van der Waals surface area (Å²) in [7, 11) is 1.43. The molecule has 0 amide bonds. The van der Waals surface area contributed by atoms with Crippen LogP contribution in [0.4, 0.5) is 0 Å². The molecule has 0 radical (unpaired) electrons. The van der Waals surface area contributed by atoms with Gasteiger partial charge in [-0.25, -0.2) is 4.79 Å². The highest BCUT2D eigenvalue weighted by Gasteiger charge is 2.30. The number of esters is 1. The Morgan fingerprint density at radius 2 is 1.81 bits per heavy atom. The van der Waals surface area contributed by atoms with E-state index in [1.54, 1.807) is 0 Å². The molecule has 4 nitrogen and oxygen atoms in total. The smallest absolute Gasteiger partial charge is 0.338 e. The van der Waals surface area contributed by atoms with Gasteiger partial charge in [-0.1, -0.05) is 72.8 Å². The van der Waals surface area contributed by atoms with Crippen molar-refractivity contribution in [3.05, 3.63) is 113 Å². The lowest BCUT2D eigenvalue weighted by molar-refractivity contribution is 0.0599. The van der Waals surface area contributed by atoms with Crippen molar-refractivity contribution < 1.29 is 14.3 Å². The second-order valence-electron chi connectivity index (χ2n) is 9.66. The monoisotopic (exact) mass is 479 g/mol. The van der Waals surface area contributed by atoms with Crippen molar-refractivity contribution >= 4 is 16.7 Å². The molecule has 4 heteroatoms. The summed E-state index contributed by atoms with van der Waals surface area (Å²) < 4.78 is 11.4. The molecular formula is C32H33NO3. The number of nitrogens with one attached hydrogen (secondary N) is 1. The maximum atomic E-state index is 12.3. The molecule has 5 rings (SSSR count). The molecule has 36 heavy (non-hydrogen) atoms. The van der Waals surface area contributed by atoms with Gasteiger partial charge >= 0.3 is 5.97 Å². The summed E-state index contributed by atoms with van der Waals surface area (Å²) in [6.45, 7) is 5.02. The van der Waals surface area contributed by atoms with Gasteiger partial charge in [0.15, 0.2) is 0 Å². The number of carbonyl (C=O) groups excluding carboxylic acids is 1. The Hall–Kier alpha value is -3.63. The lowest BCUT2D eigenvalue weighted by Gasteiger charge is -2.33. The highest BCUT2D eigenvalue weighted by molar-refractivity contribution is 5.91. The molecule has 1 heterocycles. The predicted molar refractivity (Wildman–Crippen MR) is 145 cm³/mol. The fourth-order valence-electron chi connectivity index (χ4n) is 5.37. The molecule has 3 atom stereocenters. The van der Waals surface area contributed by atoms with Crippen LogP contribution in [0, 0.1) is 6.92 Å². The van der Waals surface area contributed by atoms with Crippen LogP contribution >= 0.6 is 0 Å². The van der Waals surface area contributed by atoms with Crippen LogP contribution in [0.1, 0.15) is 64.3 Å². The molecule has 4 aromatic carbocycles. The number of benzene rings is 4. The van der Waals surface area contributed by atoms with E-state index in [1.165, 1.54) is 29.0 Å². The largest absolute Gasteiger partial charge is 0.490 e. The van der Waals surface area contributed by atoms with E-state index < -0.39 is 0 Å². The van der Waals surface area contributed by atoms with Crippen molar-refractivity contribution in [2.45, 2.75) is 44.8 Å². The zero-order valence-corrected chi connectivity index (χ0v) is 21.2. The molecule has 0 bridgehead atoms. The normalized spacial score (nSPS) is 17.8. The van der Waals surface area contributed by atoms with E-state index in [1.807, 2.05) is 25.1 Å². The first-order valence-corrected chi connectivity index (χ1v) is 12.7. The Morgan fingerprint density at radius 3 is 2.67 bits per heavy atom. The van der Waals surface area contributed by atoms with E-state index >= 15 is 0 Å². The molecule has 0 unspecified atom stereocenters. The molecule has 0 saturated heterocycles. The van der Waals surface area contributed by atoms with Crippen molar-refractivity contribution in [3.63, 3.8) is 0 Å². The number of methoxy groups -OCH3 is 1. The van der Waals surface area contributed by atoms with Crippen LogP contribution in [0.3, 0.4) is 0 Å². The maximum Gasteiger partial charge on any atom is 0.338 e. The van der Waals surface area contributed by atoms with Crippen molar-refractivity contribution in [3.8, 4) is 5.75 Å². The molecule has 4 aromatic rings. The summed E-state index contributed by atoms with van der Waals surface area (Å²) >= 11 is 0. The summed E-state index contributed by atoms with van der Waals surface area (Å²) in [6.07, 6.45) is 1.85. The SMILES string of the molecule is COC(=O)c1cc([C@@H]2C[C@H](CCN[C@H](C)c3cccc4ccccc34)Oc3ccccc32)ccc1C. The lowest BCUT2D eigenvalue weighted by atomic mass is 9.82. The number of carbonyl (C=O) groups is 1. The minimum atomic E-state index is -0.294. The third-order valence-corrected chi connectivity index (χ3v) is 7.36. The van der Waals surface area contributed by atoms with Gasteiger partial charge < -0.3 is 14.8 Å². The van der Waals surface area contributed by atoms with Crippen molar-refractivity contribution in [2.24, 2.45) is 0 Å². The first-order valence-electron chi connectivity index (χ1n) is 12.7. The Morgan fingerprint density at radius 1 is 1.03 bits per heavy atom. The van der Waals surface area contributed by atoms with Gasteiger partial charge in [0, 0.05) is 17.5 Å². The number of aryl methyl sites for hydroxylation is 1. The molecule has 0 aromatic heterocycles. The maximum absolute atomic E-state index is 12.3. The van der Waals surface area contributed by atoms with Gasteiger partial charge in [0.25, 0.3) is 0 Å². The molecule has 0 fully saturated rings. The standard InChI is InChI=1S/C32H33NO3/c1-21-15-16-24(19-29(21)32(34)35-3)30-20-25(36-31-14-7-6-12-28(30)31)17-18-33-22(2)26-13-8-10-23-9-4-5-11-27(23)26/h4-16,19,22,25,30,33H,17-18,20H2,1-3H3/t22-,25+,30+/m1/s1. The van der Waals surface area contributed by atoms with E-state index in [4.69, 9.17) is 9.47 Å². The molecule has 1 N–H and O–H groups in total. The van der Waals surface area contributed by atoms with Crippen molar-refractivity contribution in [2.75, 3.05) is 13.7 Å². The number of fused-ring (bicyclic) bond motifs is 2. The van der Waals surface area contributed by atoms with Crippen LogP contribution in [0.5, 0.6) is 5.75 Å². The Bertz CT molecular complexity index is 1370. The number of hydrogen-bond donors (Lipinski definition) is 1. The highest BCUT2D eigenvalue weighted by Crippen LogP contribution is 2.41. The van der Waals surface area contributed by atoms with E-state index in [-0.39, 0.29) is 24.0 Å². The highest BCUT2D eigenvalue weighted by atomic mass is 16.5. The van der Waals surface area contributed by atoms with Crippen LogP contribution in [0.2, 0.25) is 0 Å². The molecule has 0 spiro atoms. The zero-order valence-electron chi connectivity index (χ0n) is 21.2. The van der Waals surface area contributed by atoms with Crippen LogP contribution < -0.4 is 10.1 Å². The quantitative estimate of drug-likeness (QED) is 0.291. The number of rotatable bonds is 7. The minimum Gasteiger partial charge on any atom is -0.490 e. The van der Waals surface area contributed by atoms with E-state index in [9.17, 15) is 4.79 Å². The van der Waals surface area contributed by atoms with E-state index in [2.05, 4.69) is 79.0 Å². The topological polar surface area (TPSA) is 47.6 Å². The average molecular weight is 480 g/mol. The van der Waals surface area contributed by atoms with Crippen LogP contribution in [0.15, 0.2) is 84.9 Å². The number of para-hydroxylation sites is 1. The summed E-state index contributed by atoms with van der Waals surface area (Å²) in [5, 5.41) is 6.28. The fraction of sp³-hybridized carbons (Fsp3) is 0.281. The second kappa shape index (κ2) is 10.5. The third kappa shape index (κ3) is 4.87. The zero-order chi connectivity index (χ0) is 25.1. The van der Waals surface area contributed by atoms with Crippen molar-refractivity contribution in [1.82, 2.24) is 5.32 Å². The molecule has 1 aliphatic heterocycles. The minimum absolute atomic E-state index is 0.0833. The summed E-state index contributed by atoms with van der Waals surface area (Å²) in [5.41, 5.74) is 5.16. The Balaban J connectivity index is 1.32. The molecule has 1 aliphatic rings. The summed E-state index contributed by atoms with van der Waals surface area (Å²) in [6, 6.07) is 29.7. The van der Waals surface area contributed by atoms with Crippen LogP contribution in [-0.4, -0.2) is 25.7 Å². The predicted octanol–water partition coefficient (Wildman–Crippen LogP) is 6.96. The van der Waals surface area contributed by atoms with Gasteiger partial charge in [-0.15, -0.1) is 0 Å². The molecule has 184 valence electrons. The third-order valence-electron chi connectivity index (χ3n) is 7.36. The molecule has 0 saturated carbocycles. The van der Waals surface area contributed by atoms with Crippen molar-refractivity contribution in [1.29, 1.82) is 0 Å². The van der Waals surface area contributed by atoms with Gasteiger partial charge in [-0.2, -0.15) is 0 Å². The number of hydrogen-bond acceptors (Lipinski definition) is 4. The lowest BCUT2D eigenvalue weighted by Crippen LogP contribution is -2.31. The van der Waals surface area contributed by atoms with Gasteiger partial charge in [0.2, 0.25) is 0 Å². The van der Waals surface area contributed by atoms with Crippen LogP contribution in [-0.2, 0) is 4.74 Å². The first-order chi connectivity index (χ1) is 17.5. The number of ether oxygens (including phenoxy) is 2. The van der Waals surface area contributed by atoms with Crippen LogP contribution in [0.25, 0.3) is 10.8 Å². The van der Waals surface area contributed by atoms with Gasteiger partial charge in [0.05, 0.1) is 12.7 Å². The second-order valence-corrected chi connectivity index (χ2v) is 9.66. The van der Waals surface area contributed by atoms with E-state index in [0.717, 1.165) is 36.3 Å². The van der Waals surface area contributed by atoms with E-state index in [0.29, 0.717) is 5.56 Å². The van der Waals surface area contributed by atoms with Gasteiger partial charge in [-0.05, 0) is 72.8 Å². The fourth-order valence-corrected chi connectivity index (χ4v) is 5.37. The summed E-state index contributed by atoms with van der Waals surface area (Å²) in [5.74, 6) is 0.804. The van der Waals surface area contributed by atoms with Gasteiger partial charge in [0.1, 0.15) is 11.9 Å². The molecule has 0 aliphatic carbocycles.